The minimum Gasteiger partial charge on any atom is -0.491 e. The Morgan fingerprint density at radius 1 is 0.595 bits per heavy atom. The third kappa shape index (κ3) is 5.27. The van der Waals surface area contributed by atoms with Crippen LogP contribution in [0.15, 0.2) is 109 Å². The fourth-order valence-electron chi connectivity index (χ4n) is 6.01. The maximum atomic E-state index is 9.17. The van der Waals surface area contributed by atoms with Crippen molar-refractivity contribution in [2.24, 2.45) is 0 Å². The number of ether oxygens (including phenoxy) is 2. The third-order valence-corrected chi connectivity index (χ3v) is 7.62. The van der Waals surface area contributed by atoms with E-state index in [1.54, 1.807) is 0 Å². The molecule has 0 aromatic heterocycles. The summed E-state index contributed by atoms with van der Waals surface area (Å²) in [5.74, 6) is 2.19. The number of hydrogen-bond acceptors (Lipinski definition) is 4. The standard InChI is InChI=1S/C33H34O4/c34-19-21-36-30-15-11-28(12-16-30)33(29-13-17-31(18-14-29)37-22-20-35)24-27(25-7-3-1-4-8-25)23-32(33)26-9-5-2-6-10-26/h1-18,27,32,34-35H,19-24H2. The molecule has 0 spiro atoms. The van der Waals surface area contributed by atoms with Gasteiger partial charge in [-0.25, -0.2) is 0 Å². The van der Waals surface area contributed by atoms with Crippen LogP contribution < -0.4 is 9.47 Å². The summed E-state index contributed by atoms with van der Waals surface area (Å²) in [6.45, 7) is 0.543. The van der Waals surface area contributed by atoms with Crippen LogP contribution >= 0.6 is 0 Å². The van der Waals surface area contributed by atoms with Crippen LogP contribution in [0.3, 0.4) is 0 Å². The molecule has 190 valence electrons. The lowest BCUT2D eigenvalue weighted by Crippen LogP contribution is -2.31. The summed E-state index contributed by atoms with van der Waals surface area (Å²) in [6, 6.07) is 38.5. The Bertz CT molecular complexity index is 1190. The van der Waals surface area contributed by atoms with Crippen molar-refractivity contribution in [3.05, 3.63) is 131 Å². The van der Waals surface area contributed by atoms with Gasteiger partial charge in [0.05, 0.1) is 13.2 Å². The molecular formula is C33H34O4. The largest absolute Gasteiger partial charge is 0.491 e. The minimum absolute atomic E-state index is 0.00870. The van der Waals surface area contributed by atoms with Gasteiger partial charge < -0.3 is 19.7 Å². The Morgan fingerprint density at radius 2 is 1.05 bits per heavy atom. The molecule has 1 fully saturated rings. The maximum absolute atomic E-state index is 9.17. The van der Waals surface area contributed by atoms with Crippen LogP contribution in [-0.2, 0) is 5.41 Å². The van der Waals surface area contributed by atoms with Gasteiger partial charge in [0, 0.05) is 5.41 Å². The fourth-order valence-corrected chi connectivity index (χ4v) is 6.01. The summed E-state index contributed by atoms with van der Waals surface area (Å²) in [6.07, 6.45) is 2.02. The van der Waals surface area contributed by atoms with Gasteiger partial charge in [0.1, 0.15) is 24.7 Å². The Labute approximate surface area is 219 Å². The number of rotatable bonds is 10. The van der Waals surface area contributed by atoms with Gasteiger partial charge in [0.25, 0.3) is 0 Å². The van der Waals surface area contributed by atoms with Crippen LogP contribution in [0.5, 0.6) is 11.5 Å². The quantitative estimate of drug-likeness (QED) is 0.281. The smallest absolute Gasteiger partial charge is 0.119 e. The van der Waals surface area contributed by atoms with Gasteiger partial charge in [-0.3, -0.25) is 0 Å². The van der Waals surface area contributed by atoms with Crippen LogP contribution in [0.2, 0.25) is 0 Å². The molecule has 4 aromatic rings. The van der Waals surface area contributed by atoms with E-state index >= 15 is 0 Å². The summed E-state index contributed by atoms with van der Waals surface area (Å²) < 4.78 is 11.4. The third-order valence-electron chi connectivity index (χ3n) is 7.62. The van der Waals surface area contributed by atoms with E-state index in [4.69, 9.17) is 19.7 Å². The van der Waals surface area contributed by atoms with Crippen LogP contribution in [0.1, 0.15) is 46.9 Å². The van der Waals surface area contributed by atoms with Crippen LogP contribution in [0.25, 0.3) is 0 Å². The molecule has 0 heterocycles. The molecule has 4 heteroatoms. The first-order valence-electron chi connectivity index (χ1n) is 13.0. The van der Waals surface area contributed by atoms with Crippen molar-refractivity contribution in [3.63, 3.8) is 0 Å². The van der Waals surface area contributed by atoms with E-state index in [2.05, 4.69) is 84.9 Å². The lowest BCUT2D eigenvalue weighted by Gasteiger charge is -2.38. The van der Waals surface area contributed by atoms with E-state index in [1.807, 2.05) is 24.3 Å². The number of aliphatic hydroxyl groups is 2. The topological polar surface area (TPSA) is 58.9 Å². The van der Waals surface area contributed by atoms with Gasteiger partial charge in [-0.1, -0.05) is 84.9 Å². The second kappa shape index (κ2) is 11.6. The van der Waals surface area contributed by atoms with Gasteiger partial charge in [-0.15, -0.1) is 0 Å². The summed E-state index contributed by atoms with van der Waals surface area (Å²) in [7, 11) is 0. The summed E-state index contributed by atoms with van der Waals surface area (Å²) in [5.41, 5.74) is 4.95. The van der Waals surface area contributed by atoms with E-state index < -0.39 is 0 Å². The van der Waals surface area contributed by atoms with E-state index in [-0.39, 0.29) is 37.8 Å². The average Bonchev–Trinajstić information content (AvgIpc) is 3.38. The average molecular weight is 495 g/mol. The molecule has 2 atom stereocenters. The highest BCUT2D eigenvalue weighted by Crippen LogP contribution is 2.60. The van der Waals surface area contributed by atoms with Crippen molar-refractivity contribution in [2.45, 2.75) is 30.1 Å². The van der Waals surface area contributed by atoms with Gasteiger partial charge in [-0.2, -0.15) is 0 Å². The first kappa shape index (κ1) is 25.1. The van der Waals surface area contributed by atoms with Crippen molar-refractivity contribution in [1.29, 1.82) is 0 Å². The summed E-state index contributed by atoms with van der Waals surface area (Å²) in [5, 5.41) is 18.3. The monoisotopic (exact) mass is 494 g/mol. The zero-order chi connectivity index (χ0) is 25.5. The first-order valence-corrected chi connectivity index (χ1v) is 13.0. The zero-order valence-corrected chi connectivity index (χ0v) is 21.0. The van der Waals surface area contributed by atoms with Gasteiger partial charge in [0.2, 0.25) is 0 Å². The zero-order valence-electron chi connectivity index (χ0n) is 21.0. The summed E-state index contributed by atoms with van der Waals surface area (Å²) in [4.78, 5) is 0. The highest BCUT2D eigenvalue weighted by molar-refractivity contribution is 5.50. The van der Waals surface area contributed by atoms with Gasteiger partial charge in [-0.05, 0) is 71.2 Å². The van der Waals surface area contributed by atoms with Crippen molar-refractivity contribution in [2.75, 3.05) is 26.4 Å². The lowest BCUT2D eigenvalue weighted by molar-refractivity contribution is 0.201. The van der Waals surface area contributed by atoms with Crippen LogP contribution in [-0.4, -0.2) is 36.6 Å². The molecule has 4 aromatic carbocycles. The molecule has 0 amide bonds. The predicted molar refractivity (Wildman–Crippen MR) is 146 cm³/mol. The van der Waals surface area contributed by atoms with Crippen molar-refractivity contribution >= 4 is 0 Å². The maximum Gasteiger partial charge on any atom is 0.119 e. The molecule has 2 N–H and O–H groups in total. The lowest BCUT2D eigenvalue weighted by atomic mass is 9.65. The Kier molecular flexibility index (Phi) is 7.88. The SMILES string of the molecule is OCCOc1ccc(C2(c3ccc(OCCO)cc3)CC(c3ccccc3)CC2c2ccccc2)cc1. The molecule has 5 rings (SSSR count). The molecule has 37 heavy (non-hydrogen) atoms. The van der Waals surface area contributed by atoms with E-state index in [9.17, 15) is 0 Å². The Morgan fingerprint density at radius 3 is 1.51 bits per heavy atom. The number of aliphatic hydroxyl groups excluding tert-OH is 2. The second-order valence-corrected chi connectivity index (χ2v) is 9.67. The molecule has 1 aliphatic rings. The van der Waals surface area contributed by atoms with Crippen LogP contribution in [0.4, 0.5) is 0 Å². The fraction of sp³-hybridized carbons (Fsp3) is 0.273. The normalized spacial score (nSPS) is 18.4. The minimum atomic E-state index is -0.257. The van der Waals surface area contributed by atoms with Crippen LogP contribution in [0, 0.1) is 0 Å². The first-order chi connectivity index (χ1) is 18.2. The Balaban J connectivity index is 1.64. The van der Waals surface area contributed by atoms with Gasteiger partial charge >= 0.3 is 0 Å². The molecule has 0 aliphatic heterocycles. The highest BCUT2D eigenvalue weighted by atomic mass is 16.5. The summed E-state index contributed by atoms with van der Waals surface area (Å²) >= 11 is 0. The molecule has 1 aliphatic carbocycles. The molecule has 2 unspecified atom stereocenters. The molecular weight excluding hydrogens is 460 g/mol. The van der Waals surface area contributed by atoms with Crippen molar-refractivity contribution in [3.8, 4) is 11.5 Å². The van der Waals surface area contributed by atoms with E-state index in [0.717, 1.165) is 24.3 Å². The molecule has 4 nitrogen and oxygen atoms in total. The van der Waals surface area contributed by atoms with Crippen molar-refractivity contribution in [1.82, 2.24) is 0 Å². The van der Waals surface area contributed by atoms with Crippen molar-refractivity contribution < 1.29 is 19.7 Å². The van der Waals surface area contributed by atoms with E-state index in [1.165, 1.54) is 22.3 Å². The second-order valence-electron chi connectivity index (χ2n) is 9.67. The van der Waals surface area contributed by atoms with Gasteiger partial charge in [0.15, 0.2) is 0 Å². The molecule has 1 saturated carbocycles. The highest BCUT2D eigenvalue weighted by Gasteiger charge is 2.50. The molecule has 0 saturated heterocycles. The molecule has 0 bridgehead atoms. The predicted octanol–water partition coefficient (Wildman–Crippen LogP) is 6.08. The molecule has 0 radical (unpaired) electrons. The Hall–Kier alpha value is -3.60. The van der Waals surface area contributed by atoms with E-state index in [0.29, 0.717) is 5.92 Å². The number of benzene rings is 4. The number of hydrogen-bond donors (Lipinski definition) is 2.